The van der Waals surface area contributed by atoms with Gasteiger partial charge in [0.25, 0.3) is 6.43 Å². The number of hydrogen-bond acceptors (Lipinski definition) is 7. The van der Waals surface area contributed by atoms with Gasteiger partial charge in [0, 0.05) is 43.4 Å². The minimum absolute atomic E-state index is 0.201. The third-order valence-corrected chi connectivity index (χ3v) is 5.73. The number of fused-ring (bicyclic) bond motifs is 1. The topological polar surface area (TPSA) is 75.9 Å². The summed E-state index contributed by atoms with van der Waals surface area (Å²) in [5, 5.41) is 3.99. The van der Waals surface area contributed by atoms with Crippen molar-refractivity contribution in [2.75, 3.05) is 36.0 Å². The van der Waals surface area contributed by atoms with Crippen LogP contribution in [0.4, 0.5) is 20.4 Å². The van der Waals surface area contributed by atoms with Crippen LogP contribution in [0.5, 0.6) is 0 Å². The fraction of sp³-hybridized carbons (Fsp3) is 0.526. The summed E-state index contributed by atoms with van der Waals surface area (Å²) in [5.41, 5.74) is 2.12. The van der Waals surface area contributed by atoms with Gasteiger partial charge in [-0.25, -0.2) is 33.4 Å². The largest absolute Gasteiger partial charge is 0.355 e. The van der Waals surface area contributed by atoms with E-state index in [1.165, 1.54) is 10.9 Å². The van der Waals surface area contributed by atoms with Crippen LogP contribution in [0.1, 0.15) is 17.9 Å². The van der Waals surface area contributed by atoms with E-state index >= 15 is 0 Å². The van der Waals surface area contributed by atoms with Gasteiger partial charge in [-0.2, -0.15) is 5.10 Å². The third kappa shape index (κ3) is 3.26. The minimum Gasteiger partial charge on any atom is -0.355 e. The lowest BCUT2D eigenvalue weighted by atomic mass is 9.79. The highest BCUT2D eigenvalue weighted by Gasteiger charge is 2.48. The molecule has 3 aromatic rings. The molecule has 0 aromatic carbocycles. The number of halogens is 2. The second-order valence-electron chi connectivity index (χ2n) is 8.10. The van der Waals surface area contributed by atoms with Crippen LogP contribution in [-0.4, -0.2) is 62.3 Å². The first-order valence-electron chi connectivity index (χ1n) is 9.70. The van der Waals surface area contributed by atoms with Crippen molar-refractivity contribution in [2.45, 2.75) is 33.2 Å². The molecular formula is C19H22F2N8. The molecular weight excluding hydrogens is 378 g/mol. The molecule has 0 aliphatic carbocycles. The van der Waals surface area contributed by atoms with Gasteiger partial charge in [0.1, 0.15) is 29.5 Å². The average molecular weight is 400 g/mol. The van der Waals surface area contributed by atoms with Gasteiger partial charge >= 0.3 is 0 Å². The highest BCUT2D eigenvalue weighted by molar-refractivity contribution is 5.71. The Hall–Kier alpha value is -2.91. The van der Waals surface area contributed by atoms with Crippen molar-refractivity contribution in [1.82, 2.24) is 29.7 Å². The van der Waals surface area contributed by atoms with Crippen molar-refractivity contribution >= 4 is 22.8 Å². The minimum atomic E-state index is -2.48. The van der Waals surface area contributed by atoms with Crippen LogP contribution in [0.2, 0.25) is 0 Å². The van der Waals surface area contributed by atoms with Crippen LogP contribution in [0.15, 0.2) is 18.5 Å². The van der Waals surface area contributed by atoms with E-state index in [0.717, 1.165) is 55.8 Å². The zero-order chi connectivity index (χ0) is 20.2. The summed E-state index contributed by atoms with van der Waals surface area (Å²) in [6, 6.07) is 2.02. The number of rotatable bonds is 4. The van der Waals surface area contributed by atoms with Crippen LogP contribution < -0.4 is 9.80 Å². The van der Waals surface area contributed by atoms with E-state index in [0.29, 0.717) is 11.2 Å². The maximum Gasteiger partial charge on any atom is 0.258 e. The lowest BCUT2D eigenvalue weighted by Crippen LogP contribution is -2.58. The van der Waals surface area contributed by atoms with Gasteiger partial charge in [-0.15, -0.1) is 0 Å². The van der Waals surface area contributed by atoms with Gasteiger partial charge in [0.2, 0.25) is 0 Å². The molecule has 0 bridgehead atoms. The molecule has 0 unspecified atom stereocenters. The molecule has 152 valence electrons. The van der Waals surface area contributed by atoms with Gasteiger partial charge in [-0.3, -0.25) is 0 Å². The molecule has 3 aromatic heterocycles. The fourth-order valence-electron chi connectivity index (χ4n) is 4.43. The second-order valence-corrected chi connectivity index (χ2v) is 8.10. The first-order valence-corrected chi connectivity index (χ1v) is 9.70. The van der Waals surface area contributed by atoms with Crippen molar-refractivity contribution in [1.29, 1.82) is 0 Å². The molecule has 0 radical (unpaired) electrons. The van der Waals surface area contributed by atoms with Crippen molar-refractivity contribution in [3.8, 4) is 0 Å². The molecule has 5 rings (SSSR count). The van der Waals surface area contributed by atoms with Gasteiger partial charge in [0.15, 0.2) is 5.65 Å². The fourth-order valence-corrected chi connectivity index (χ4v) is 4.43. The van der Waals surface area contributed by atoms with E-state index in [-0.39, 0.29) is 5.41 Å². The monoisotopic (exact) mass is 400 g/mol. The third-order valence-electron chi connectivity index (χ3n) is 5.73. The SMILES string of the molecule is Cc1cc(N2CC3(CCN(c4cnc5cnn(CC(F)F)c5n4)C3)C2)nc(C)n1. The molecule has 8 nitrogen and oxygen atoms in total. The first kappa shape index (κ1) is 18.1. The Morgan fingerprint density at radius 3 is 2.59 bits per heavy atom. The van der Waals surface area contributed by atoms with Gasteiger partial charge < -0.3 is 9.80 Å². The highest BCUT2D eigenvalue weighted by atomic mass is 19.3. The number of anilines is 2. The van der Waals surface area contributed by atoms with Gasteiger partial charge in [-0.1, -0.05) is 0 Å². The van der Waals surface area contributed by atoms with Crippen LogP contribution in [0.3, 0.4) is 0 Å². The van der Waals surface area contributed by atoms with Gasteiger partial charge in [0.05, 0.1) is 12.4 Å². The second kappa shape index (κ2) is 6.57. The molecule has 0 saturated carbocycles. The maximum absolute atomic E-state index is 12.8. The molecule has 2 fully saturated rings. The van der Waals surface area contributed by atoms with E-state index in [1.807, 2.05) is 19.9 Å². The summed E-state index contributed by atoms with van der Waals surface area (Å²) in [6.07, 6.45) is 1.77. The number of aryl methyl sites for hydroxylation is 2. The van der Waals surface area contributed by atoms with Gasteiger partial charge in [-0.05, 0) is 20.3 Å². The Kier molecular flexibility index (Phi) is 4.11. The highest BCUT2D eigenvalue weighted by Crippen LogP contribution is 2.42. The number of alkyl halides is 2. The van der Waals surface area contributed by atoms with E-state index in [1.54, 1.807) is 6.20 Å². The molecule has 5 heterocycles. The van der Waals surface area contributed by atoms with E-state index in [4.69, 9.17) is 0 Å². The maximum atomic E-state index is 12.8. The number of hydrogen-bond donors (Lipinski definition) is 0. The molecule has 0 N–H and O–H groups in total. The summed E-state index contributed by atoms with van der Waals surface area (Å²) >= 11 is 0. The average Bonchev–Trinajstić information content (AvgIpc) is 3.24. The first-order chi connectivity index (χ1) is 13.9. The van der Waals surface area contributed by atoms with Crippen LogP contribution >= 0.6 is 0 Å². The Balaban J connectivity index is 1.31. The zero-order valence-corrected chi connectivity index (χ0v) is 16.4. The van der Waals surface area contributed by atoms with Crippen molar-refractivity contribution < 1.29 is 8.78 Å². The molecule has 2 saturated heterocycles. The Bertz CT molecular complexity index is 1040. The quantitative estimate of drug-likeness (QED) is 0.665. The van der Waals surface area contributed by atoms with Crippen LogP contribution in [0, 0.1) is 19.3 Å². The lowest BCUT2D eigenvalue weighted by molar-refractivity contribution is 0.123. The molecule has 29 heavy (non-hydrogen) atoms. The Labute approximate surface area is 166 Å². The standard InChI is InChI=1S/C19H22F2N8/c1-12-5-16(25-13(2)24-12)28-10-19(11-28)3-4-27(9-19)17-7-22-14-6-23-29(8-15(20)21)18(14)26-17/h5-7,15H,3-4,8-11H2,1-2H3. The van der Waals surface area contributed by atoms with E-state index in [2.05, 4.69) is 34.8 Å². The number of nitrogens with zero attached hydrogens (tertiary/aromatic N) is 8. The number of aromatic nitrogens is 6. The Morgan fingerprint density at radius 2 is 1.83 bits per heavy atom. The van der Waals surface area contributed by atoms with Crippen molar-refractivity contribution in [3.63, 3.8) is 0 Å². The smallest absolute Gasteiger partial charge is 0.258 e. The van der Waals surface area contributed by atoms with E-state index < -0.39 is 13.0 Å². The molecule has 1 spiro atoms. The summed E-state index contributed by atoms with van der Waals surface area (Å²) in [5.74, 6) is 2.49. The molecule has 0 atom stereocenters. The molecule has 10 heteroatoms. The lowest BCUT2D eigenvalue weighted by Gasteiger charge is -2.48. The summed E-state index contributed by atoms with van der Waals surface area (Å²) in [4.78, 5) is 22.3. The van der Waals surface area contributed by atoms with Crippen molar-refractivity contribution in [2.24, 2.45) is 5.41 Å². The van der Waals surface area contributed by atoms with Crippen molar-refractivity contribution in [3.05, 3.63) is 30.0 Å². The molecule has 2 aliphatic rings. The predicted molar refractivity (Wildman–Crippen MR) is 104 cm³/mol. The summed E-state index contributed by atoms with van der Waals surface area (Å²) in [6.45, 7) is 7.05. The molecule has 0 amide bonds. The normalized spacial score (nSPS) is 18.2. The predicted octanol–water partition coefficient (Wildman–Crippen LogP) is 2.21. The van der Waals surface area contributed by atoms with Crippen LogP contribution in [0.25, 0.3) is 11.2 Å². The van der Waals surface area contributed by atoms with E-state index in [9.17, 15) is 8.78 Å². The zero-order valence-electron chi connectivity index (χ0n) is 16.4. The van der Waals surface area contributed by atoms with Crippen LogP contribution in [-0.2, 0) is 6.54 Å². The summed E-state index contributed by atoms with van der Waals surface area (Å²) < 4.78 is 26.8. The molecule has 2 aliphatic heterocycles. The Morgan fingerprint density at radius 1 is 1.03 bits per heavy atom. The summed E-state index contributed by atoms with van der Waals surface area (Å²) in [7, 11) is 0.